The maximum Gasteiger partial charge on any atom is 0.326 e. The molecule has 1 aromatic rings. The van der Waals surface area contributed by atoms with E-state index in [-0.39, 0.29) is 24.3 Å². The molecule has 0 fully saturated rings. The van der Waals surface area contributed by atoms with Gasteiger partial charge in [0.1, 0.15) is 17.8 Å². The first-order valence-electron chi connectivity index (χ1n) is 9.41. The molecule has 0 saturated heterocycles. The van der Waals surface area contributed by atoms with Crippen LogP contribution in [-0.2, 0) is 25.6 Å². The molecule has 0 aliphatic carbocycles. The number of phenols is 1. The first-order chi connectivity index (χ1) is 14.7. The SMILES string of the molecule is CSCCC(NC(=O)CNC(=O)C(CS)NC(=O)C(N)Cc1ccc(O)cc1)C(=O)O. The van der Waals surface area contributed by atoms with Crippen LogP contribution in [0, 0.1) is 0 Å². The Morgan fingerprint density at radius 3 is 2.29 bits per heavy atom. The van der Waals surface area contributed by atoms with Crippen molar-refractivity contribution in [2.75, 3.05) is 24.3 Å². The van der Waals surface area contributed by atoms with E-state index in [0.29, 0.717) is 5.75 Å². The normalized spacial score (nSPS) is 13.5. The van der Waals surface area contributed by atoms with E-state index in [4.69, 9.17) is 10.8 Å². The zero-order chi connectivity index (χ0) is 23.4. The number of hydrogen-bond acceptors (Lipinski definition) is 8. The summed E-state index contributed by atoms with van der Waals surface area (Å²) in [5.41, 5.74) is 6.62. The molecule has 0 aromatic heterocycles. The Kier molecular flexibility index (Phi) is 11.8. The number of nitrogens with two attached hydrogens (primary N) is 1. The summed E-state index contributed by atoms with van der Waals surface area (Å²) in [5, 5.41) is 25.6. The van der Waals surface area contributed by atoms with E-state index in [0.717, 1.165) is 5.56 Å². The van der Waals surface area contributed by atoms with Crippen molar-refractivity contribution in [2.24, 2.45) is 5.73 Å². The molecule has 3 atom stereocenters. The van der Waals surface area contributed by atoms with E-state index in [9.17, 15) is 24.3 Å². The van der Waals surface area contributed by atoms with Gasteiger partial charge < -0.3 is 31.9 Å². The number of carbonyl (C=O) groups is 4. The number of amides is 3. The summed E-state index contributed by atoms with van der Waals surface area (Å²) in [6.07, 6.45) is 2.27. The number of aromatic hydroxyl groups is 1. The molecule has 0 aliphatic heterocycles. The van der Waals surface area contributed by atoms with Crippen LogP contribution >= 0.6 is 24.4 Å². The number of benzene rings is 1. The van der Waals surface area contributed by atoms with Crippen LogP contribution in [-0.4, -0.2) is 76.3 Å². The molecule has 3 unspecified atom stereocenters. The summed E-state index contributed by atoms with van der Waals surface area (Å²) < 4.78 is 0. The lowest BCUT2D eigenvalue weighted by Crippen LogP contribution is -2.54. The summed E-state index contributed by atoms with van der Waals surface area (Å²) in [7, 11) is 0. The van der Waals surface area contributed by atoms with Crippen molar-refractivity contribution in [3.8, 4) is 5.75 Å². The minimum Gasteiger partial charge on any atom is -0.508 e. The van der Waals surface area contributed by atoms with Crippen molar-refractivity contribution in [3.63, 3.8) is 0 Å². The highest BCUT2D eigenvalue weighted by atomic mass is 32.2. The molecular weight excluding hydrogens is 444 g/mol. The standard InChI is InChI=1S/C19H28N4O6S2/c1-31-7-6-14(19(28)29)22-16(25)9-21-18(27)15(10-30)23-17(26)13(20)8-11-2-4-12(24)5-3-11/h2-5,13-15,24,30H,6-10,20H2,1H3,(H,21,27)(H,22,25)(H,23,26)(H,28,29). The van der Waals surface area contributed by atoms with Gasteiger partial charge in [-0.05, 0) is 42.5 Å². The third-order valence-electron chi connectivity index (χ3n) is 4.21. The van der Waals surface area contributed by atoms with E-state index >= 15 is 0 Å². The molecule has 3 amide bonds. The lowest BCUT2D eigenvalue weighted by molar-refractivity contribution is -0.141. The van der Waals surface area contributed by atoms with E-state index < -0.39 is 48.4 Å². The fourth-order valence-corrected chi connectivity index (χ4v) is 3.21. The first kappa shape index (κ1) is 26.6. The van der Waals surface area contributed by atoms with Crippen LogP contribution in [0.2, 0.25) is 0 Å². The molecule has 0 bridgehead atoms. The van der Waals surface area contributed by atoms with Gasteiger partial charge in [-0.15, -0.1) is 0 Å². The zero-order valence-corrected chi connectivity index (χ0v) is 18.7. The van der Waals surface area contributed by atoms with Crippen LogP contribution < -0.4 is 21.7 Å². The molecule has 31 heavy (non-hydrogen) atoms. The van der Waals surface area contributed by atoms with Crippen molar-refractivity contribution in [1.82, 2.24) is 16.0 Å². The molecule has 0 radical (unpaired) electrons. The highest BCUT2D eigenvalue weighted by Crippen LogP contribution is 2.11. The van der Waals surface area contributed by atoms with Gasteiger partial charge in [-0.1, -0.05) is 12.1 Å². The summed E-state index contributed by atoms with van der Waals surface area (Å²) >= 11 is 5.50. The topological polar surface area (TPSA) is 171 Å². The van der Waals surface area contributed by atoms with Gasteiger partial charge in [-0.25, -0.2) is 4.79 Å². The van der Waals surface area contributed by atoms with Crippen LogP contribution in [0.15, 0.2) is 24.3 Å². The van der Waals surface area contributed by atoms with Gasteiger partial charge in [0.25, 0.3) is 0 Å². The molecule has 12 heteroatoms. The number of carbonyl (C=O) groups excluding carboxylic acids is 3. The lowest BCUT2D eigenvalue weighted by Gasteiger charge is -2.20. The first-order valence-corrected chi connectivity index (χ1v) is 11.4. The Morgan fingerprint density at radius 1 is 1.10 bits per heavy atom. The molecule has 1 aromatic carbocycles. The predicted molar refractivity (Wildman–Crippen MR) is 121 cm³/mol. The lowest BCUT2D eigenvalue weighted by atomic mass is 10.1. The van der Waals surface area contributed by atoms with Crippen molar-refractivity contribution >= 4 is 48.1 Å². The summed E-state index contributed by atoms with van der Waals surface area (Å²) in [4.78, 5) is 47.7. The highest BCUT2D eigenvalue weighted by molar-refractivity contribution is 7.98. The monoisotopic (exact) mass is 472 g/mol. The number of thioether (sulfide) groups is 1. The number of carboxylic acid groups (broad SMARTS) is 1. The number of phenolic OH excluding ortho intramolecular Hbond substituents is 1. The fraction of sp³-hybridized carbons (Fsp3) is 0.474. The van der Waals surface area contributed by atoms with Crippen LogP contribution in [0.5, 0.6) is 5.75 Å². The van der Waals surface area contributed by atoms with Gasteiger partial charge in [0, 0.05) is 5.75 Å². The summed E-state index contributed by atoms with van der Waals surface area (Å²) in [5.74, 6) is -2.41. The van der Waals surface area contributed by atoms with Crippen LogP contribution in [0.4, 0.5) is 0 Å². The Balaban J connectivity index is 2.52. The molecule has 0 spiro atoms. The average Bonchev–Trinajstić information content (AvgIpc) is 2.74. The van der Waals surface area contributed by atoms with Gasteiger partial charge in [-0.2, -0.15) is 24.4 Å². The Labute approximate surface area is 190 Å². The number of rotatable bonds is 13. The number of thiol groups is 1. The number of carboxylic acids is 1. The quantitative estimate of drug-likeness (QED) is 0.181. The minimum atomic E-state index is -1.16. The van der Waals surface area contributed by atoms with E-state index in [1.54, 1.807) is 12.1 Å². The van der Waals surface area contributed by atoms with Crippen molar-refractivity contribution < 1.29 is 29.4 Å². The third kappa shape index (κ3) is 9.94. The van der Waals surface area contributed by atoms with Gasteiger partial charge >= 0.3 is 5.97 Å². The average molecular weight is 473 g/mol. The van der Waals surface area contributed by atoms with Crippen molar-refractivity contribution in [2.45, 2.75) is 31.0 Å². The second kappa shape index (κ2) is 13.8. The summed E-state index contributed by atoms with van der Waals surface area (Å²) in [6.45, 7) is -0.443. The van der Waals surface area contributed by atoms with Crippen molar-refractivity contribution in [3.05, 3.63) is 29.8 Å². The fourth-order valence-electron chi connectivity index (χ4n) is 2.48. The smallest absolute Gasteiger partial charge is 0.326 e. The third-order valence-corrected chi connectivity index (χ3v) is 5.22. The van der Waals surface area contributed by atoms with Gasteiger partial charge in [0.05, 0.1) is 12.6 Å². The van der Waals surface area contributed by atoms with E-state index in [1.807, 2.05) is 6.26 Å². The molecule has 7 N–H and O–H groups in total. The van der Waals surface area contributed by atoms with E-state index in [1.165, 1.54) is 23.9 Å². The second-order valence-electron chi connectivity index (χ2n) is 6.68. The maximum absolute atomic E-state index is 12.3. The molecule has 0 saturated carbocycles. The molecule has 1 rings (SSSR count). The predicted octanol–water partition coefficient (Wildman–Crippen LogP) is -0.885. The van der Waals surface area contributed by atoms with E-state index in [2.05, 4.69) is 28.6 Å². The Bertz CT molecular complexity index is 762. The highest BCUT2D eigenvalue weighted by Gasteiger charge is 2.24. The zero-order valence-electron chi connectivity index (χ0n) is 17.0. The Morgan fingerprint density at radius 2 is 1.74 bits per heavy atom. The molecule has 0 aliphatic rings. The maximum atomic E-state index is 12.3. The van der Waals surface area contributed by atoms with Crippen molar-refractivity contribution in [1.29, 1.82) is 0 Å². The van der Waals surface area contributed by atoms with Crippen LogP contribution in [0.25, 0.3) is 0 Å². The molecule has 10 nitrogen and oxygen atoms in total. The Hall–Kier alpha value is -2.44. The van der Waals surface area contributed by atoms with Gasteiger partial charge in [0.2, 0.25) is 17.7 Å². The molecule has 0 heterocycles. The van der Waals surface area contributed by atoms with Gasteiger partial charge in [-0.3, -0.25) is 14.4 Å². The minimum absolute atomic E-state index is 0.0312. The largest absolute Gasteiger partial charge is 0.508 e. The van der Waals surface area contributed by atoms with Crippen LogP contribution in [0.3, 0.4) is 0 Å². The van der Waals surface area contributed by atoms with Crippen LogP contribution in [0.1, 0.15) is 12.0 Å². The number of aliphatic carboxylic acids is 1. The molecule has 172 valence electrons. The second-order valence-corrected chi connectivity index (χ2v) is 8.03. The van der Waals surface area contributed by atoms with Gasteiger partial charge in [0.15, 0.2) is 0 Å². The number of nitrogens with one attached hydrogen (secondary N) is 3. The number of hydrogen-bond donors (Lipinski definition) is 7. The summed E-state index contributed by atoms with van der Waals surface area (Å²) in [6, 6.07) is 3.21. The molecular formula is C19H28N4O6S2.